The maximum Gasteiger partial charge on any atom is 0.153 e. The second-order valence-electron chi connectivity index (χ2n) is 4.61. The van der Waals surface area contributed by atoms with Gasteiger partial charge in [0.05, 0.1) is 6.04 Å². The van der Waals surface area contributed by atoms with Crippen molar-refractivity contribution < 1.29 is 4.79 Å². The number of Topliss-reactive ketones (excluding diaryl/α,β-unsaturated/α-hetero) is 1. The van der Waals surface area contributed by atoms with Gasteiger partial charge in [-0.25, -0.2) is 0 Å². The van der Waals surface area contributed by atoms with Crippen LogP contribution in [0, 0.1) is 0 Å². The standard InChI is InChI=1S/C14H19NO/c1-2-13(15)14(16)9-10-6-7-11-4-3-5-12(11)8-10/h6-8,13H,2-5,9,15H2,1H3. The Labute approximate surface area is 96.8 Å². The van der Waals surface area contributed by atoms with Crippen LogP contribution < -0.4 is 5.73 Å². The lowest BCUT2D eigenvalue weighted by molar-refractivity contribution is -0.119. The molecule has 86 valence electrons. The number of rotatable bonds is 4. The van der Waals surface area contributed by atoms with E-state index >= 15 is 0 Å². The van der Waals surface area contributed by atoms with E-state index in [9.17, 15) is 4.79 Å². The zero-order valence-electron chi connectivity index (χ0n) is 9.83. The molecule has 0 bridgehead atoms. The number of hydrogen-bond donors (Lipinski definition) is 1. The van der Waals surface area contributed by atoms with E-state index < -0.39 is 0 Å². The smallest absolute Gasteiger partial charge is 0.153 e. The third kappa shape index (κ3) is 2.33. The highest BCUT2D eigenvalue weighted by Gasteiger charge is 2.14. The number of carbonyl (C=O) groups is 1. The Kier molecular flexibility index (Phi) is 3.39. The predicted octanol–water partition coefficient (Wildman–Crippen LogP) is 2.02. The molecule has 0 amide bonds. The van der Waals surface area contributed by atoms with Crippen molar-refractivity contribution in [2.24, 2.45) is 5.73 Å². The topological polar surface area (TPSA) is 43.1 Å². The summed E-state index contributed by atoms with van der Waals surface area (Å²) in [6.45, 7) is 1.95. The molecule has 2 N–H and O–H groups in total. The zero-order chi connectivity index (χ0) is 11.5. The molecule has 2 heteroatoms. The molecule has 1 aliphatic carbocycles. The molecular weight excluding hydrogens is 198 g/mol. The first kappa shape index (κ1) is 11.3. The minimum Gasteiger partial charge on any atom is -0.322 e. The second kappa shape index (κ2) is 4.79. The number of ketones is 1. The van der Waals surface area contributed by atoms with Crippen LogP contribution in [0.1, 0.15) is 36.5 Å². The summed E-state index contributed by atoms with van der Waals surface area (Å²) in [4.78, 5) is 11.7. The fourth-order valence-corrected chi connectivity index (χ4v) is 2.30. The number of aryl methyl sites for hydroxylation is 2. The Bertz CT molecular complexity index is 398. The third-order valence-electron chi connectivity index (χ3n) is 3.39. The molecule has 0 aliphatic heterocycles. The summed E-state index contributed by atoms with van der Waals surface area (Å²) < 4.78 is 0. The molecule has 1 aromatic carbocycles. The largest absolute Gasteiger partial charge is 0.322 e. The van der Waals surface area contributed by atoms with Gasteiger partial charge in [0, 0.05) is 6.42 Å². The molecule has 0 saturated heterocycles. The number of fused-ring (bicyclic) bond motifs is 1. The minimum absolute atomic E-state index is 0.153. The maximum absolute atomic E-state index is 11.7. The Morgan fingerprint density at radius 1 is 1.38 bits per heavy atom. The molecule has 2 nitrogen and oxygen atoms in total. The van der Waals surface area contributed by atoms with Gasteiger partial charge in [-0.15, -0.1) is 0 Å². The van der Waals surface area contributed by atoms with E-state index in [0.29, 0.717) is 6.42 Å². The van der Waals surface area contributed by atoms with E-state index in [-0.39, 0.29) is 11.8 Å². The first-order chi connectivity index (χ1) is 7.70. The van der Waals surface area contributed by atoms with Crippen LogP contribution in [0.25, 0.3) is 0 Å². The van der Waals surface area contributed by atoms with Crippen molar-refractivity contribution in [1.82, 2.24) is 0 Å². The molecule has 0 saturated carbocycles. The van der Waals surface area contributed by atoms with Gasteiger partial charge >= 0.3 is 0 Å². The SMILES string of the molecule is CCC(N)C(=O)Cc1ccc2c(c1)CCC2. The van der Waals surface area contributed by atoms with E-state index in [1.165, 1.54) is 24.0 Å². The van der Waals surface area contributed by atoms with Crippen LogP contribution in [0.3, 0.4) is 0 Å². The van der Waals surface area contributed by atoms with Crippen molar-refractivity contribution >= 4 is 5.78 Å². The maximum atomic E-state index is 11.7. The molecular formula is C14H19NO. The first-order valence-corrected chi connectivity index (χ1v) is 6.09. The number of carbonyl (C=O) groups excluding carboxylic acids is 1. The van der Waals surface area contributed by atoms with Gasteiger partial charge in [0.25, 0.3) is 0 Å². The number of benzene rings is 1. The summed E-state index contributed by atoms with van der Waals surface area (Å²) in [6, 6.07) is 6.13. The average Bonchev–Trinajstić information content (AvgIpc) is 2.75. The van der Waals surface area contributed by atoms with Crippen LogP contribution in [0.4, 0.5) is 0 Å². The zero-order valence-corrected chi connectivity index (χ0v) is 9.83. The van der Waals surface area contributed by atoms with Crippen molar-refractivity contribution in [3.05, 3.63) is 34.9 Å². The summed E-state index contributed by atoms with van der Waals surface area (Å²) >= 11 is 0. The lowest BCUT2D eigenvalue weighted by Gasteiger charge is -2.08. The van der Waals surface area contributed by atoms with Crippen LogP contribution >= 0.6 is 0 Å². The molecule has 0 fully saturated rings. The van der Waals surface area contributed by atoms with E-state index in [0.717, 1.165) is 18.4 Å². The fourth-order valence-electron chi connectivity index (χ4n) is 2.30. The summed E-state index contributed by atoms with van der Waals surface area (Å²) in [5, 5.41) is 0. The summed E-state index contributed by atoms with van der Waals surface area (Å²) in [5.74, 6) is 0.153. The van der Waals surface area contributed by atoms with Crippen molar-refractivity contribution in [3.63, 3.8) is 0 Å². The van der Waals surface area contributed by atoms with Crippen LogP contribution in [0.2, 0.25) is 0 Å². The molecule has 1 aliphatic rings. The normalized spacial score (nSPS) is 15.9. The quantitative estimate of drug-likeness (QED) is 0.838. The molecule has 0 spiro atoms. The number of nitrogens with two attached hydrogens (primary N) is 1. The van der Waals surface area contributed by atoms with Gasteiger partial charge in [-0.3, -0.25) is 4.79 Å². The number of hydrogen-bond acceptors (Lipinski definition) is 2. The van der Waals surface area contributed by atoms with Crippen LogP contribution in [0.5, 0.6) is 0 Å². The lowest BCUT2D eigenvalue weighted by atomic mass is 9.99. The summed E-state index contributed by atoms with van der Waals surface area (Å²) in [5.41, 5.74) is 9.73. The van der Waals surface area contributed by atoms with Crippen molar-refractivity contribution in [2.45, 2.75) is 45.1 Å². The summed E-state index contributed by atoms with van der Waals surface area (Å²) in [7, 11) is 0. The Balaban J connectivity index is 2.08. The van der Waals surface area contributed by atoms with Gasteiger partial charge in [-0.1, -0.05) is 25.1 Å². The van der Waals surface area contributed by atoms with Crippen LogP contribution in [0.15, 0.2) is 18.2 Å². The monoisotopic (exact) mass is 217 g/mol. The molecule has 1 aromatic rings. The molecule has 0 aromatic heterocycles. The van der Waals surface area contributed by atoms with E-state index in [4.69, 9.17) is 5.73 Å². The van der Waals surface area contributed by atoms with Gasteiger partial charge in [0.1, 0.15) is 0 Å². The van der Waals surface area contributed by atoms with Crippen molar-refractivity contribution in [1.29, 1.82) is 0 Å². The average molecular weight is 217 g/mol. The van der Waals surface area contributed by atoms with Crippen molar-refractivity contribution in [2.75, 3.05) is 0 Å². The van der Waals surface area contributed by atoms with E-state index in [1.807, 2.05) is 6.92 Å². The highest BCUT2D eigenvalue weighted by atomic mass is 16.1. The molecule has 1 unspecified atom stereocenters. The van der Waals surface area contributed by atoms with E-state index in [2.05, 4.69) is 18.2 Å². The highest BCUT2D eigenvalue weighted by molar-refractivity contribution is 5.85. The van der Waals surface area contributed by atoms with Crippen LogP contribution in [-0.4, -0.2) is 11.8 Å². The van der Waals surface area contributed by atoms with Crippen molar-refractivity contribution in [3.8, 4) is 0 Å². The van der Waals surface area contributed by atoms with Gasteiger partial charge in [0.15, 0.2) is 5.78 Å². The Hall–Kier alpha value is -1.15. The predicted molar refractivity (Wildman–Crippen MR) is 65.4 cm³/mol. The van der Waals surface area contributed by atoms with E-state index in [1.54, 1.807) is 0 Å². The first-order valence-electron chi connectivity index (χ1n) is 6.09. The Morgan fingerprint density at radius 3 is 2.88 bits per heavy atom. The molecule has 16 heavy (non-hydrogen) atoms. The second-order valence-corrected chi connectivity index (χ2v) is 4.61. The fraction of sp³-hybridized carbons (Fsp3) is 0.500. The van der Waals surface area contributed by atoms with Gasteiger partial charge in [0.2, 0.25) is 0 Å². The minimum atomic E-state index is -0.298. The molecule has 2 rings (SSSR count). The van der Waals surface area contributed by atoms with Crippen LogP contribution in [-0.2, 0) is 24.1 Å². The highest BCUT2D eigenvalue weighted by Crippen LogP contribution is 2.23. The van der Waals surface area contributed by atoms with Gasteiger partial charge < -0.3 is 5.73 Å². The molecule has 1 atom stereocenters. The Morgan fingerprint density at radius 2 is 2.12 bits per heavy atom. The summed E-state index contributed by atoms with van der Waals surface area (Å²) in [6.07, 6.45) is 4.82. The molecule has 0 heterocycles. The van der Waals surface area contributed by atoms with Gasteiger partial charge in [-0.05, 0) is 42.4 Å². The lowest BCUT2D eigenvalue weighted by Crippen LogP contribution is -2.30. The third-order valence-corrected chi connectivity index (χ3v) is 3.39. The molecule has 0 radical (unpaired) electrons. The van der Waals surface area contributed by atoms with Gasteiger partial charge in [-0.2, -0.15) is 0 Å².